The number of ether oxygens (including phenoxy) is 5. The molecule has 0 aromatic heterocycles. The van der Waals surface area contributed by atoms with Crippen molar-refractivity contribution in [1.29, 1.82) is 0 Å². The highest BCUT2D eigenvalue weighted by molar-refractivity contribution is 5.16. The molecule has 2 N–H and O–H groups in total. The molecule has 0 bridgehead atoms. The Kier molecular flexibility index (Phi) is 10.5. The van der Waals surface area contributed by atoms with Crippen LogP contribution in [0.5, 0.6) is 0 Å². The second-order valence-corrected chi connectivity index (χ2v) is 9.92. The van der Waals surface area contributed by atoms with E-state index in [9.17, 15) is 0 Å². The zero-order chi connectivity index (χ0) is 27.4. The van der Waals surface area contributed by atoms with Crippen molar-refractivity contribution in [3.8, 4) is 0 Å². The van der Waals surface area contributed by atoms with Crippen molar-refractivity contribution in [2.75, 3.05) is 6.61 Å². The van der Waals surface area contributed by atoms with Crippen LogP contribution in [0, 0.1) is 0 Å². The van der Waals surface area contributed by atoms with Crippen LogP contribution in [0.3, 0.4) is 0 Å². The van der Waals surface area contributed by atoms with E-state index in [1.165, 1.54) is 0 Å². The minimum Gasteiger partial charge on any atom is -0.374 e. The molecule has 1 heterocycles. The summed E-state index contributed by atoms with van der Waals surface area (Å²) in [5, 5.41) is 0. The fourth-order valence-corrected chi connectivity index (χ4v) is 4.83. The van der Waals surface area contributed by atoms with Gasteiger partial charge in [0.25, 0.3) is 0 Å². The van der Waals surface area contributed by atoms with Gasteiger partial charge in [0, 0.05) is 0 Å². The fraction of sp³-hybridized carbons (Fsp3) is 0.294. The summed E-state index contributed by atoms with van der Waals surface area (Å²) in [7, 11) is 0. The summed E-state index contributed by atoms with van der Waals surface area (Å²) in [6.45, 7) is 1.94. The normalized spacial score (nSPS) is 22.7. The number of hydrogen-bond acceptors (Lipinski definition) is 6. The Morgan fingerprint density at radius 1 is 0.475 bits per heavy atom. The number of benzene rings is 4. The summed E-state index contributed by atoms with van der Waals surface area (Å²) >= 11 is 0. The topological polar surface area (TPSA) is 72.2 Å². The number of rotatable bonds is 13. The molecule has 6 nitrogen and oxygen atoms in total. The Hall–Kier alpha value is -3.36. The summed E-state index contributed by atoms with van der Waals surface area (Å²) in [4.78, 5) is 0. The molecule has 5 rings (SSSR count). The third-order valence-electron chi connectivity index (χ3n) is 6.92. The first-order valence-electron chi connectivity index (χ1n) is 13.8. The van der Waals surface area contributed by atoms with Gasteiger partial charge in [-0.15, -0.1) is 0 Å². The molecule has 4 aromatic rings. The van der Waals surface area contributed by atoms with Crippen LogP contribution in [-0.2, 0) is 50.1 Å². The van der Waals surface area contributed by atoms with E-state index >= 15 is 0 Å². The van der Waals surface area contributed by atoms with Crippen LogP contribution in [-0.4, -0.2) is 37.3 Å². The maximum atomic E-state index is 6.61. The molecule has 6 heteroatoms. The number of hydrogen-bond donors (Lipinski definition) is 1. The van der Waals surface area contributed by atoms with Gasteiger partial charge in [0.05, 0.1) is 33.0 Å². The molecule has 0 amide bonds. The summed E-state index contributed by atoms with van der Waals surface area (Å²) < 4.78 is 32.0. The van der Waals surface area contributed by atoms with Gasteiger partial charge in [-0.2, -0.15) is 0 Å². The lowest BCUT2D eigenvalue weighted by Gasteiger charge is -2.45. The number of nitrogens with two attached hydrogens (primary N) is 1. The summed E-state index contributed by atoms with van der Waals surface area (Å²) in [6.07, 6.45) is -2.66. The molecule has 1 aliphatic heterocycles. The molecule has 0 radical (unpaired) electrons. The lowest BCUT2D eigenvalue weighted by molar-refractivity contribution is -0.271. The minimum absolute atomic E-state index is 0.304. The first-order chi connectivity index (χ1) is 19.8. The van der Waals surface area contributed by atoms with Crippen LogP contribution in [0.4, 0.5) is 0 Å². The van der Waals surface area contributed by atoms with E-state index in [1.807, 2.05) is 121 Å². The van der Waals surface area contributed by atoms with Gasteiger partial charge >= 0.3 is 0 Å². The zero-order valence-electron chi connectivity index (χ0n) is 22.6. The fourth-order valence-electron chi connectivity index (χ4n) is 4.83. The van der Waals surface area contributed by atoms with Crippen molar-refractivity contribution in [2.45, 2.75) is 57.1 Å². The van der Waals surface area contributed by atoms with Gasteiger partial charge in [0.1, 0.15) is 30.6 Å². The molecule has 1 fully saturated rings. The highest BCUT2D eigenvalue weighted by Crippen LogP contribution is 2.29. The second kappa shape index (κ2) is 14.9. The molecular formula is C34H37NO5. The highest BCUT2D eigenvalue weighted by atomic mass is 16.6. The van der Waals surface area contributed by atoms with E-state index in [0.717, 1.165) is 22.3 Å². The van der Waals surface area contributed by atoms with Crippen molar-refractivity contribution in [3.63, 3.8) is 0 Å². The van der Waals surface area contributed by atoms with E-state index in [4.69, 9.17) is 29.4 Å². The van der Waals surface area contributed by atoms with Gasteiger partial charge in [-0.05, 0) is 22.3 Å². The third-order valence-corrected chi connectivity index (χ3v) is 6.92. The zero-order valence-corrected chi connectivity index (χ0v) is 22.6. The van der Waals surface area contributed by atoms with Crippen LogP contribution in [0.25, 0.3) is 0 Å². The van der Waals surface area contributed by atoms with Crippen LogP contribution in [0.2, 0.25) is 0 Å². The van der Waals surface area contributed by atoms with Gasteiger partial charge in [0.2, 0.25) is 0 Å². The molecule has 5 atom stereocenters. The average molecular weight is 540 g/mol. The summed E-state index contributed by atoms with van der Waals surface area (Å²) in [5.41, 5.74) is 10.9. The summed E-state index contributed by atoms with van der Waals surface area (Å²) in [5.74, 6) is 0. The molecule has 5 unspecified atom stereocenters. The van der Waals surface area contributed by atoms with E-state index in [0.29, 0.717) is 33.0 Å². The van der Waals surface area contributed by atoms with Gasteiger partial charge < -0.3 is 29.4 Å². The smallest absolute Gasteiger partial charge is 0.135 e. The first kappa shape index (κ1) is 28.2. The van der Waals surface area contributed by atoms with Crippen molar-refractivity contribution in [1.82, 2.24) is 0 Å². The molecule has 0 saturated carbocycles. The molecule has 208 valence electrons. The largest absolute Gasteiger partial charge is 0.374 e. The lowest BCUT2D eigenvalue weighted by atomic mass is 9.97. The molecule has 40 heavy (non-hydrogen) atoms. The highest BCUT2D eigenvalue weighted by Gasteiger charge is 2.47. The van der Waals surface area contributed by atoms with E-state index in [1.54, 1.807) is 0 Å². The molecule has 0 spiro atoms. The van der Waals surface area contributed by atoms with Gasteiger partial charge in [-0.1, -0.05) is 121 Å². The van der Waals surface area contributed by atoms with E-state index in [-0.39, 0.29) is 0 Å². The minimum atomic E-state index is -0.716. The van der Waals surface area contributed by atoms with Crippen molar-refractivity contribution in [2.24, 2.45) is 5.73 Å². The van der Waals surface area contributed by atoms with Crippen molar-refractivity contribution in [3.05, 3.63) is 144 Å². The molecule has 1 saturated heterocycles. The quantitative estimate of drug-likeness (QED) is 0.237. The SMILES string of the molecule is NC1OC(COCc2ccccc2)C(OCc2ccccc2)C(OCc2ccccc2)C1OCc1ccccc1. The molecule has 1 aliphatic rings. The van der Waals surface area contributed by atoms with E-state index in [2.05, 4.69) is 0 Å². The average Bonchev–Trinajstić information content (AvgIpc) is 3.01. The van der Waals surface area contributed by atoms with Crippen LogP contribution >= 0.6 is 0 Å². The van der Waals surface area contributed by atoms with E-state index < -0.39 is 30.6 Å². The maximum Gasteiger partial charge on any atom is 0.135 e. The molecule has 4 aromatic carbocycles. The standard InChI is InChI=1S/C34H37NO5/c35-34-33(39-24-29-19-11-4-12-20-29)32(38-23-28-17-9-3-10-18-28)31(37-22-27-15-7-2-8-16-27)30(40-34)25-36-21-26-13-5-1-6-14-26/h1-20,30-34H,21-25,35H2. The molecular weight excluding hydrogens is 502 g/mol. The van der Waals surface area contributed by atoms with Gasteiger partial charge in [-0.25, -0.2) is 0 Å². The van der Waals surface area contributed by atoms with Gasteiger partial charge in [0.15, 0.2) is 0 Å². The Labute approximate surface area is 236 Å². The Bertz CT molecular complexity index is 1240. The Balaban J connectivity index is 1.36. The van der Waals surface area contributed by atoms with Crippen LogP contribution in [0.15, 0.2) is 121 Å². The first-order valence-corrected chi connectivity index (χ1v) is 13.8. The predicted molar refractivity (Wildman–Crippen MR) is 154 cm³/mol. The predicted octanol–water partition coefficient (Wildman–Crippen LogP) is 5.64. The summed E-state index contributed by atoms with van der Waals surface area (Å²) in [6, 6.07) is 40.2. The van der Waals surface area contributed by atoms with Crippen LogP contribution < -0.4 is 5.73 Å². The van der Waals surface area contributed by atoms with Crippen molar-refractivity contribution >= 4 is 0 Å². The molecule has 0 aliphatic carbocycles. The van der Waals surface area contributed by atoms with Crippen molar-refractivity contribution < 1.29 is 23.7 Å². The van der Waals surface area contributed by atoms with Crippen LogP contribution in [0.1, 0.15) is 22.3 Å². The Morgan fingerprint density at radius 2 is 0.850 bits per heavy atom. The monoisotopic (exact) mass is 539 g/mol. The second-order valence-electron chi connectivity index (χ2n) is 9.92. The third kappa shape index (κ3) is 8.08. The van der Waals surface area contributed by atoms with Gasteiger partial charge in [-0.3, -0.25) is 0 Å². The lowest BCUT2D eigenvalue weighted by Crippen LogP contribution is -2.63. The Morgan fingerprint density at radius 3 is 1.30 bits per heavy atom. The maximum absolute atomic E-state index is 6.61.